The maximum absolute atomic E-state index is 12.9. The predicted molar refractivity (Wildman–Crippen MR) is 118 cm³/mol. The summed E-state index contributed by atoms with van der Waals surface area (Å²) < 4.78 is 71.3. The van der Waals surface area contributed by atoms with E-state index in [1.807, 2.05) is 6.92 Å². The van der Waals surface area contributed by atoms with Crippen molar-refractivity contribution in [3.8, 4) is 11.8 Å². The van der Waals surface area contributed by atoms with Crippen LogP contribution < -0.4 is 9.04 Å². The molecule has 170 valence electrons. The Hall–Kier alpha value is -2.51. The number of alkyl halides is 3. The first-order valence-corrected chi connectivity index (χ1v) is 11.8. The molecular weight excluding hydrogens is 509 g/mol. The van der Waals surface area contributed by atoms with Crippen LogP contribution in [0.2, 0.25) is 0 Å². The lowest BCUT2D eigenvalue weighted by Crippen LogP contribution is -2.38. The summed E-state index contributed by atoms with van der Waals surface area (Å²) >= 11 is 3.25. The van der Waals surface area contributed by atoms with Gasteiger partial charge in [0.2, 0.25) is 0 Å². The van der Waals surface area contributed by atoms with Gasteiger partial charge in [-0.3, -0.25) is 4.31 Å². The van der Waals surface area contributed by atoms with Crippen LogP contribution in [0.5, 0.6) is 5.75 Å². The smallest absolute Gasteiger partial charge is 0.416 e. The van der Waals surface area contributed by atoms with Gasteiger partial charge in [-0.25, -0.2) is 8.42 Å². The quantitative estimate of drug-likeness (QED) is 0.453. The first-order valence-electron chi connectivity index (χ1n) is 9.56. The average molecular weight is 529 g/mol. The fraction of sp³-hybridized carbons (Fsp3) is 0.318. The molecule has 1 aliphatic heterocycles. The summed E-state index contributed by atoms with van der Waals surface area (Å²) in [6.07, 6.45) is -2.80. The number of hydrogen-bond donors (Lipinski definition) is 0. The molecule has 1 saturated carbocycles. The van der Waals surface area contributed by atoms with Crippen molar-refractivity contribution in [1.29, 1.82) is 5.26 Å². The van der Waals surface area contributed by atoms with Crippen LogP contribution >= 0.6 is 15.9 Å². The van der Waals surface area contributed by atoms with Crippen molar-refractivity contribution in [3.05, 3.63) is 64.7 Å². The predicted octanol–water partition coefficient (Wildman–Crippen LogP) is 5.92. The Morgan fingerprint density at radius 1 is 1.22 bits per heavy atom. The third-order valence-electron chi connectivity index (χ3n) is 5.04. The van der Waals surface area contributed by atoms with Crippen molar-refractivity contribution in [2.24, 2.45) is 5.41 Å². The molecule has 0 saturated heterocycles. The van der Waals surface area contributed by atoms with Gasteiger partial charge >= 0.3 is 6.18 Å². The third-order valence-corrected chi connectivity index (χ3v) is 7.34. The van der Waals surface area contributed by atoms with E-state index in [-0.39, 0.29) is 24.3 Å². The van der Waals surface area contributed by atoms with Gasteiger partial charge in [-0.1, -0.05) is 34.1 Å². The monoisotopic (exact) mass is 528 g/mol. The van der Waals surface area contributed by atoms with E-state index in [1.54, 1.807) is 18.2 Å². The van der Waals surface area contributed by atoms with E-state index >= 15 is 0 Å². The van der Waals surface area contributed by atoms with E-state index in [4.69, 9.17) is 10.00 Å². The molecule has 0 atom stereocenters. The van der Waals surface area contributed by atoms with Crippen molar-refractivity contribution in [2.45, 2.75) is 30.8 Å². The Morgan fingerprint density at radius 3 is 2.47 bits per heavy atom. The van der Waals surface area contributed by atoms with Crippen LogP contribution in [0.25, 0.3) is 0 Å². The van der Waals surface area contributed by atoms with E-state index in [1.165, 1.54) is 5.57 Å². The highest BCUT2D eigenvalue weighted by Gasteiger charge is 2.35. The Labute approximate surface area is 193 Å². The molecule has 32 heavy (non-hydrogen) atoms. The van der Waals surface area contributed by atoms with Crippen LogP contribution in [-0.2, 0) is 16.2 Å². The number of hydrogen-bond acceptors (Lipinski definition) is 4. The number of halogens is 4. The summed E-state index contributed by atoms with van der Waals surface area (Å²) in [4.78, 5) is -0.412. The van der Waals surface area contributed by atoms with Crippen molar-refractivity contribution in [3.63, 3.8) is 0 Å². The molecule has 2 aliphatic rings. The zero-order chi connectivity index (χ0) is 23.7. The molecule has 0 N–H and O–H groups in total. The number of nitrogens with zero attached hydrogens (tertiary/aromatic N) is 2. The molecular formula is C22H20BrF3N2O3S. The molecule has 0 aromatic heterocycles. The van der Waals surface area contributed by atoms with E-state index in [0.29, 0.717) is 16.3 Å². The number of sulfonamides is 1. The molecule has 0 bridgehead atoms. The molecule has 10 heteroatoms. The molecule has 0 spiro atoms. The number of fused-ring (bicyclic) bond motifs is 1. The van der Waals surface area contributed by atoms with Gasteiger partial charge in [0.05, 0.1) is 34.2 Å². The van der Waals surface area contributed by atoms with E-state index in [0.717, 1.165) is 35.3 Å². The summed E-state index contributed by atoms with van der Waals surface area (Å²) in [5, 5.41) is 8.47. The lowest BCUT2D eigenvalue weighted by atomic mass is 9.69. The summed E-state index contributed by atoms with van der Waals surface area (Å²) in [7, 11) is -4.14. The Morgan fingerprint density at radius 2 is 1.91 bits per heavy atom. The fourth-order valence-corrected chi connectivity index (χ4v) is 5.35. The highest BCUT2D eigenvalue weighted by molar-refractivity contribution is 9.10. The maximum atomic E-state index is 12.9. The number of nitriles is 1. The summed E-state index contributed by atoms with van der Waals surface area (Å²) in [5.74, 6) is 0.361. The Kier molecular flexibility index (Phi) is 6.63. The topological polar surface area (TPSA) is 70.4 Å². The fourth-order valence-electron chi connectivity index (χ4n) is 3.51. The summed E-state index contributed by atoms with van der Waals surface area (Å²) in [5.41, 5.74) is 0.435. The summed E-state index contributed by atoms with van der Waals surface area (Å²) in [6, 6.07) is 10.8. The third kappa shape index (κ3) is 5.10. The second-order valence-electron chi connectivity index (χ2n) is 7.84. The van der Waals surface area contributed by atoms with Gasteiger partial charge in [0.25, 0.3) is 10.0 Å². The van der Waals surface area contributed by atoms with Gasteiger partial charge in [-0.2, -0.15) is 18.4 Å². The number of ether oxygens (including phenoxy) is 1. The van der Waals surface area contributed by atoms with Gasteiger partial charge in [0.1, 0.15) is 12.4 Å². The number of benzene rings is 2. The van der Waals surface area contributed by atoms with Crippen LogP contribution in [0.15, 0.2) is 64.0 Å². The maximum Gasteiger partial charge on any atom is 0.416 e. The van der Waals surface area contributed by atoms with Crippen molar-refractivity contribution < 1.29 is 26.3 Å². The number of anilines is 1. The number of rotatable bonds is 2. The second-order valence-corrected chi connectivity index (χ2v) is 10.6. The Balaban J connectivity index is 0.000000305. The zero-order valence-corrected chi connectivity index (χ0v) is 19.5. The van der Waals surface area contributed by atoms with Crippen LogP contribution in [0.1, 0.15) is 25.3 Å². The summed E-state index contributed by atoms with van der Waals surface area (Å²) in [6.45, 7) is 5.86. The minimum Gasteiger partial charge on any atom is -0.489 e. The van der Waals surface area contributed by atoms with Crippen LogP contribution in [-0.4, -0.2) is 21.6 Å². The minimum absolute atomic E-state index is 0.0159. The van der Waals surface area contributed by atoms with E-state index < -0.39 is 26.7 Å². The van der Waals surface area contributed by atoms with E-state index in [2.05, 4.69) is 28.6 Å². The lowest BCUT2D eigenvalue weighted by molar-refractivity contribution is -0.137. The first kappa shape index (κ1) is 24.1. The molecule has 0 amide bonds. The zero-order valence-electron chi connectivity index (χ0n) is 17.1. The van der Waals surface area contributed by atoms with Crippen LogP contribution in [0, 0.1) is 16.7 Å². The average Bonchev–Trinajstić information content (AvgIpc) is 2.72. The van der Waals surface area contributed by atoms with Gasteiger partial charge in [-0.15, -0.1) is 0 Å². The van der Waals surface area contributed by atoms with Gasteiger partial charge in [0.15, 0.2) is 0 Å². The van der Waals surface area contributed by atoms with Crippen molar-refractivity contribution >= 4 is 31.6 Å². The largest absolute Gasteiger partial charge is 0.489 e. The number of allylic oxidation sites excluding steroid dienone is 1. The second kappa shape index (κ2) is 8.79. The SMILES string of the molecule is C=C1CC(C)(C#N)C1.O=S(=O)(c1cccc(C(F)(F)F)c1)N1CCOc2ccc(Br)cc21. The Bertz CT molecular complexity index is 1180. The lowest BCUT2D eigenvalue weighted by Gasteiger charge is -2.33. The molecule has 0 radical (unpaired) electrons. The standard InChI is InChI=1S/C15H11BrF3NO3S.C7H9N/c16-11-4-5-14-13(9-11)20(6-7-23-14)24(21,22)12-3-1-2-10(8-12)15(17,18)19;1-6-3-7(2,4-6)5-8/h1-5,8-9H,6-7H2;1,3-4H2,2H3. The molecule has 0 unspecified atom stereocenters. The minimum atomic E-state index is -4.61. The van der Waals surface area contributed by atoms with Crippen LogP contribution in [0.4, 0.5) is 18.9 Å². The first-order chi connectivity index (χ1) is 14.9. The molecule has 2 aromatic rings. The van der Waals surface area contributed by atoms with E-state index in [9.17, 15) is 21.6 Å². The van der Waals surface area contributed by atoms with Crippen LogP contribution in [0.3, 0.4) is 0 Å². The molecule has 5 nitrogen and oxygen atoms in total. The highest BCUT2D eigenvalue weighted by atomic mass is 79.9. The van der Waals surface area contributed by atoms with Gasteiger partial charge in [0, 0.05) is 4.47 Å². The van der Waals surface area contributed by atoms with Gasteiger partial charge < -0.3 is 4.74 Å². The molecule has 4 rings (SSSR count). The normalized spacial score (nSPS) is 17.1. The van der Waals surface area contributed by atoms with Gasteiger partial charge in [-0.05, 0) is 56.2 Å². The molecule has 1 aliphatic carbocycles. The molecule has 2 aromatic carbocycles. The molecule has 1 heterocycles. The highest BCUT2D eigenvalue weighted by Crippen LogP contribution is 2.43. The van der Waals surface area contributed by atoms with Crippen molar-refractivity contribution in [1.82, 2.24) is 0 Å². The van der Waals surface area contributed by atoms with Crippen molar-refractivity contribution in [2.75, 3.05) is 17.5 Å². The molecule has 1 fully saturated rings.